The molecule has 1 aromatic carbocycles. The molecule has 0 aliphatic carbocycles. The molecule has 0 aliphatic rings. The topological polar surface area (TPSA) is 64.3 Å². The van der Waals surface area contributed by atoms with Crippen molar-refractivity contribution < 1.29 is 13.9 Å². The number of ether oxygens (including phenoxy) is 1. The summed E-state index contributed by atoms with van der Waals surface area (Å²) in [5, 5.41) is 2.43. The van der Waals surface area contributed by atoms with Crippen molar-refractivity contribution in [2.24, 2.45) is 5.73 Å². The minimum atomic E-state index is -0.568. The summed E-state index contributed by atoms with van der Waals surface area (Å²) in [4.78, 5) is 11.4. The van der Waals surface area contributed by atoms with Gasteiger partial charge in [0.25, 0.3) is 0 Å². The van der Waals surface area contributed by atoms with Gasteiger partial charge >= 0.3 is 0 Å². The first-order chi connectivity index (χ1) is 8.04. The summed E-state index contributed by atoms with van der Waals surface area (Å²) >= 11 is 4.72. The van der Waals surface area contributed by atoms with E-state index in [1.165, 1.54) is 19.2 Å². The molecule has 1 aromatic rings. The molecule has 0 spiro atoms. The fraction of sp³-hybridized carbons (Fsp3) is 0.273. The van der Waals surface area contributed by atoms with Crippen LogP contribution in [0.4, 0.5) is 10.1 Å². The first-order valence-corrected chi connectivity index (χ1v) is 5.33. The molecule has 17 heavy (non-hydrogen) atoms. The Morgan fingerprint density at radius 3 is 2.82 bits per heavy atom. The second-order valence-corrected chi connectivity index (χ2v) is 3.79. The third kappa shape index (κ3) is 4.08. The Morgan fingerprint density at radius 1 is 1.59 bits per heavy atom. The van der Waals surface area contributed by atoms with Crippen LogP contribution in [0.15, 0.2) is 18.2 Å². The van der Waals surface area contributed by atoms with E-state index < -0.39 is 5.82 Å². The second kappa shape index (κ2) is 6.27. The van der Waals surface area contributed by atoms with E-state index in [-0.39, 0.29) is 23.0 Å². The number of methoxy groups -OCH3 is 1. The number of benzene rings is 1. The van der Waals surface area contributed by atoms with Crippen molar-refractivity contribution in [3.8, 4) is 0 Å². The maximum Gasteiger partial charge on any atom is 0.226 e. The zero-order valence-electron chi connectivity index (χ0n) is 9.33. The lowest BCUT2D eigenvalue weighted by atomic mass is 10.2. The molecule has 0 aliphatic heterocycles. The van der Waals surface area contributed by atoms with Gasteiger partial charge in [0.05, 0.1) is 18.7 Å². The van der Waals surface area contributed by atoms with Crippen LogP contribution in [-0.4, -0.2) is 24.6 Å². The number of hydrogen-bond donors (Lipinski definition) is 2. The number of nitrogens with two attached hydrogens (primary N) is 1. The molecule has 0 bridgehead atoms. The van der Waals surface area contributed by atoms with Crippen molar-refractivity contribution in [2.45, 2.75) is 6.42 Å². The van der Waals surface area contributed by atoms with Gasteiger partial charge in [0.2, 0.25) is 5.91 Å². The molecule has 0 fully saturated rings. The Labute approximate surface area is 104 Å². The Hall–Kier alpha value is -1.53. The molecule has 0 heterocycles. The molecular weight excluding hydrogens is 243 g/mol. The molecule has 3 N–H and O–H groups in total. The van der Waals surface area contributed by atoms with Crippen molar-refractivity contribution >= 4 is 28.8 Å². The maximum absolute atomic E-state index is 13.5. The molecular formula is C11H13FN2O2S. The number of hydrogen-bond acceptors (Lipinski definition) is 3. The number of anilines is 1. The predicted octanol–water partition coefficient (Wildman–Crippen LogP) is 1.43. The molecule has 1 amide bonds. The highest BCUT2D eigenvalue weighted by Crippen LogP contribution is 2.16. The van der Waals surface area contributed by atoms with Crippen molar-refractivity contribution in [3.05, 3.63) is 29.6 Å². The Morgan fingerprint density at radius 2 is 2.29 bits per heavy atom. The summed E-state index contributed by atoms with van der Waals surface area (Å²) in [5.74, 6) is -0.880. The molecule has 0 saturated carbocycles. The molecule has 0 aromatic heterocycles. The lowest BCUT2D eigenvalue weighted by molar-refractivity contribution is -0.117. The van der Waals surface area contributed by atoms with Crippen LogP contribution in [0.25, 0.3) is 0 Å². The van der Waals surface area contributed by atoms with Crippen molar-refractivity contribution in [1.29, 1.82) is 0 Å². The number of rotatable bonds is 5. The van der Waals surface area contributed by atoms with Gasteiger partial charge in [0, 0.05) is 12.7 Å². The van der Waals surface area contributed by atoms with Crippen LogP contribution < -0.4 is 11.1 Å². The summed E-state index contributed by atoms with van der Waals surface area (Å²) in [7, 11) is 1.49. The van der Waals surface area contributed by atoms with E-state index in [1.807, 2.05) is 0 Å². The third-order valence-electron chi connectivity index (χ3n) is 2.06. The standard InChI is InChI=1S/C11H13FN2O2S/c1-16-5-4-10(15)14-9-3-2-7(11(13)17)6-8(9)12/h2-3,6H,4-5H2,1H3,(H2,13,17)(H,14,15). The van der Waals surface area contributed by atoms with Crippen LogP contribution in [0.3, 0.4) is 0 Å². The molecule has 4 nitrogen and oxygen atoms in total. The highest BCUT2D eigenvalue weighted by molar-refractivity contribution is 7.80. The van der Waals surface area contributed by atoms with Gasteiger partial charge in [-0.05, 0) is 18.2 Å². The van der Waals surface area contributed by atoms with Gasteiger partial charge in [-0.1, -0.05) is 12.2 Å². The molecule has 6 heteroatoms. The second-order valence-electron chi connectivity index (χ2n) is 3.35. The number of amides is 1. The van der Waals surface area contributed by atoms with Gasteiger partial charge in [-0.3, -0.25) is 4.79 Å². The van der Waals surface area contributed by atoms with Crippen molar-refractivity contribution in [3.63, 3.8) is 0 Å². The summed E-state index contributed by atoms with van der Waals surface area (Å²) in [6.45, 7) is 0.290. The molecule has 0 saturated heterocycles. The van der Waals surface area contributed by atoms with Crippen LogP contribution in [0, 0.1) is 5.82 Å². The van der Waals surface area contributed by atoms with E-state index in [0.29, 0.717) is 12.2 Å². The van der Waals surface area contributed by atoms with Gasteiger partial charge in [0.15, 0.2) is 0 Å². The van der Waals surface area contributed by atoms with Crippen LogP contribution >= 0.6 is 12.2 Å². The summed E-state index contributed by atoms with van der Waals surface area (Å²) in [5.41, 5.74) is 5.89. The third-order valence-corrected chi connectivity index (χ3v) is 2.30. The monoisotopic (exact) mass is 256 g/mol. The largest absolute Gasteiger partial charge is 0.389 e. The van der Waals surface area contributed by atoms with E-state index >= 15 is 0 Å². The quantitative estimate of drug-likeness (QED) is 0.782. The van der Waals surface area contributed by atoms with Gasteiger partial charge in [-0.15, -0.1) is 0 Å². The van der Waals surface area contributed by atoms with Gasteiger partial charge in [0.1, 0.15) is 10.8 Å². The molecule has 0 atom stereocenters. The Kier molecular flexibility index (Phi) is 4.99. The minimum Gasteiger partial charge on any atom is -0.389 e. The highest BCUT2D eigenvalue weighted by atomic mass is 32.1. The first kappa shape index (κ1) is 13.5. The number of carbonyl (C=O) groups excluding carboxylic acids is 1. The molecule has 1 rings (SSSR count). The van der Waals surface area contributed by atoms with Gasteiger partial charge in [-0.2, -0.15) is 0 Å². The lowest BCUT2D eigenvalue weighted by Gasteiger charge is -2.07. The van der Waals surface area contributed by atoms with Crippen LogP contribution in [0.2, 0.25) is 0 Å². The van der Waals surface area contributed by atoms with Crippen molar-refractivity contribution in [1.82, 2.24) is 0 Å². The van der Waals surface area contributed by atoms with Gasteiger partial charge in [-0.25, -0.2) is 4.39 Å². The number of halogens is 1. The van der Waals surface area contributed by atoms with Crippen molar-refractivity contribution in [2.75, 3.05) is 19.0 Å². The Balaban J connectivity index is 2.72. The zero-order chi connectivity index (χ0) is 12.8. The Bertz CT molecular complexity index is 437. The lowest BCUT2D eigenvalue weighted by Crippen LogP contribution is -2.15. The van der Waals surface area contributed by atoms with E-state index in [4.69, 9.17) is 22.7 Å². The van der Waals surface area contributed by atoms with Crippen LogP contribution in [0.5, 0.6) is 0 Å². The molecule has 0 radical (unpaired) electrons. The first-order valence-electron chi connectivity index (χ1n) is 4.92. The van der Waals surface area contributed by atoms with E-state index in [9.17, 15) is 9.18 Å². The normalized spacial score (nSPS) is 10.0. The average molecular weight is 256 g/mol. The summed E-state index contributed by atoms with van der Waals surface area (Å²) in [6.07, 6.45) is 0.174. The number of carbonyl (C=O) groups is 1. The number of thiocarbonyl (C=S) groups is 1. The van der Waals surface area contributed by atoms with E-state index in [1.54, 1.807) is 6.07 Å². The van der Waals surface area contributed by atoms with E-state index in [2.05, 4.69) is 5.32 Å². The predicted molar refractivity (Wildman–Crippen MR) is 67.4 cm³/mol. The SMILES string of the molecule is COCCC(=O)Nc1ccc(C(N)=S)cc1F. The summed E-state index contributed by atoms with van der Waals surface area (Å²) in [6, 6.07) is 4.17. The molecule has 92 valence electrons. The van der Waals surface area contributed by atoms with Crippen LogP contribution in [0.1, 0.15) is 12.0 Å². The number of nitrogens with one attached hydrogen (secondary N) is 1. The summed E-state index contributed by atoms with van der Waals surface area (Å²) < 4.78 is 18.3. The van der Waals surface area contributed by atoms with Crippen LogP contribution in [-0.2, 0) is 9.53 Å². The fourth-order valence-corrected chi connectivity index (χ4v) is 1.30. The van der Waals surface area contributed by atoms with Gasteiger partial charge < -0.3 is 15.8 Å². The highest BCUT2D eigenvalue weighted by Gasteiger charge is 2.08. The fourth-order valence-electron chi connectivity index (χ4n) is 1.18. The average Bonchev–Trinajstić information content (AvgIpc) is 2.28. The zero-order valence-corrected chi connectivity index (χ0v) is 10.1. The smallest absolute Gasteiger partial charge is 0.226 e. The molecule has 0 unspecified atom stereocenters. The minimum absolute atomic E-state index is 0.103. The van der Waals surface area contributed by atoms with E-state index in [0.717, 1.165) is 0 Å². The maximum atomic E-state index is 13.5.